The van der Waals surface area contributed by atoms with Gasteiger partial charge in [-0.05, 0) is 29.8 Å². The van der Waals surface area contributed by atoms with Gasteiger partial charge in [0.2, 0.25) is 0 Å². The van der Waals surface area contributed by atoms with Crippen molar-refractivity contribution in [2.24, 2.45) is 5.10 Å². The number of rotatable bonds is 6. The van der Waals surface area contributed by atoms with Crippen molar-refractivity contribution in [3.63, 3.8) is 0 Å². The number of benzene rings is 3. The molecule has 4 aromatic rings. The van der Waals surface area contributed by atoms with Crippen LogP contribution in [0.4, 0.5) is 5.69 Å². The number of carbonyl (C=O) groups excluding carboxylic acids is 1. The molecule has 1 heterocycles. The molecule has 152 valence electrons. The van der Waals surface area contributed by atoms with Gasteiger partial charge in [-0.3, -0.25) is 14.9 Å². The van der Waals surface area contributed by atoms with Crippen molar-refractivity contribution in [3.8, 4) is 16.9 Å². The molecule has 0 aliphatic carbocycles. The van der Waals surface area contributed by atoms with E-state index >= 15 is 0 Å². The van der Waals surface area contributed by atoms with Crippen LogP contribution in [0.1, 0.15) is 15.9 Å². The molecule has 0 bridgehead atoms. The zero-order chi connectivity index (χ0) is 21.6. The highest BCUT2D eigenvalue weighted by Crippen LogP contribution is 2.23. The van der Waals surface area contributed by atoms with Crippen molar-refractivity contribution in [3.05, 3.63) is 112 Å². The first-order chi connectivity index (χ1) is 15.1. The fourth-order valence-electron chi connectivity index (χ4n) is 2.97. The van der Waals surface area contributed by atoms with E-state index in [2.05, 4.69) is 15.6 Å². The van der Waals surface area contributed by atoms with Crippen LogP contribution in [0.15, 0.2) is 96.2 Å². The number of nitro benzene ring substituents is 1. The first-order valence-electron chi connectivity index (χ1n) is 9.40. The molecule has 0 saturated carbocycles. The minimum atomic E-state index is -0.474. The smallest absolute Gasteiger partial charge is 0.267 e. The molecule has 0 unspecified atom stereocenters. The first kappa shape index (κ1) is 19.7. The second kappa shape index (κ2) is 8.83. The van der Waals surface area contributed by atoms with Gasteiger partial charge in [-0.1, -0.05) is 48.5 Å². The topological polar surface area (TPSA) is 102 Å². The fourth-order valence-corrected chi connectivity index (χ4v) is 2.97. The van der Waals surface area contributed by atoms with Gasteiger partial charge in [-0.2, -0.15) is 10.2 Å². The third-order valence-electron chi connectivity index (χ3n) is 4.51. The minimum absolute atomic E-state index is 0.0120. The molecule has 8 nitrogen and oxygen atoms in total. The van der Waals surface area contributed by atoms with Crippen molar-refractivity contribution < 1.29 is 9.72 Å². The molecule has 1 amide bonds. The SMILES string of the molecule is O=C(N/N=C/c1ccc([N+](=O)[O-])cc1)c1cn(-c2ccccc2)nc1-c1ccccc1. The summed E-state index contributed by atoms with van der Waals surface area (Å²) in [5.74, 6) is -0.417. The van der Waals surface area contributed by atoms with Gasteiger partial charge in [0, 0.05) is 23.9 Å². The second-order valence-electron chi connectivity index (χ2n) is 6.59. The number of amides is 1. The quantitative estimate of drug-likeness (QED) is 0.292. The molecule has 8 heteroatoms. The Hall–Kier alpha value is -4.59. The number of nitrogens with one attached hydrogen (secondary N) is 1. The number of carbonyl (C=O) groups is 1. The highest BCUT2D eigenvalue weighted by Gasteiger charge is 2.18. The summed E-state index contributed by atoms with van der Waals surface area (Å²) >= 11 is 0. The number of aromatic nitrogens is 2. The van der Waals surface area contributed by atoms with E-state index in [4.69, 9.17) is 0 Å². The second-order valence-corrected chi connectivity index (χ2v) is 6.59. The van der Waals surface area contributed by atoms with Crippen LogP contribution in [0.2, 0.25) is 0 Å². The average molecular weight is 411 g/mol. The van der Waals surface area contributed by atoms with Crippen LogP contribution in [0.25, 0.3) is 16.9 Å². The third kappa shape index (κ3) is 4.54. The molecule has 3 aromatic carbocycles. The van der Waals surface area contributed by atoms with Crippen LogP contribution in [0.3, 0.4) is 0 Å². The largest absolute Gasteiger partial charge is 0.275 e. The van der Waals surface area contributed by atoms with E-state index in [0.29, 0.717) is 16.8 Å². The Bertz CT molecular complexity index is 1230. The molecular weight excluding hydrogens is 394 g/mol. The van der Waals surface area contributed by atoms with Crippen LogP contribution < -0.4 is 5.43 Å². The van der Waals surface area contributed by atoms with Gasteiger partial charge in [0.25, 0.3) is 11.6 Å². The van der Waals surface area contributed by atoms with Crippen LogP contribution in [-0.4, -0.2) is 26.8 Å². The van der Waals surface area contributed by atoms with E-state index < -0.39 is 10.8 Å². The Labute approximate surface area is 177 Å². The maximum absolute atomic E-state index is 12.8. The third-order valence-corrected chi connectivity index (χ3v) is 4.51. The summed E-state index contributed by atoms with van der Waals surface area (Å²) in [6.45, 7) is 0. The maximum Gasteiger partial charge on any atom is 0.275 e. The van der Waals surface area contributed by atoms with E-state index in [-0.39, 0.29) is 5.69 Å². The molecule has 1 aromatic heterocycles. The Morgan fingerprint density at radius 1 is 0.968 bits per heavy atom. The number of non-ortho nitro benzene ring substituents is 1. The monoisotopic (exact) mass is 411 g/mol. The van der Waals surface area contributed by atoms with Crippen LogP contribution >= 0.6 is 0 Å². The Balaban J connectivity index is 1.59. The predicted octanol–water partition coefficient (Wildman–Crippen LogP) is 4.21. The molecule has 31 heavy (non-hydrogen) atoms. The normalized spacial score (nSPS) is 10.8. The van der Waals surface area contributed by atoms with E-state index in [1.807, 2.05) is 60.7 Å². The molecule has 0 fully saturated rings. The zero-order valence-electron chi connectivity index (χ0n) is 16.3. The van der Waals surface area contributed by atoms with Crippen molar-refractivity contribution in [2.45, 2.75) is 0 Å². The predicted molar refractivity (Wildman–Crippen MR) is 117 cm³/mol. The number of para-hydroxylation sites is 1. The van der Waals surface area contributed by atoms with Gasteiger partial charge < -0.3 is 0 Å². The maximum atomic E-state index is 12.8. The standard InChI is InChI=1S/C23H17N5O3/c29-23(25-24-15-17-11-13-20(14-12-17)28(30)31)21-16-27(19-9-5-2-6-10-19)26-22(21)18-7-3-1-4-8-18/h1-16H,(H,25,29)/b24-15+. The molecule has 0 aliphatic heterocycles. The summed E-state index contributed by atoms with van der Waals surface area (Å²) in [7, 11) is 0. The van der Waals surface area contributed by atoms with E-state index in [9.17, 15) is 14.9 Å². The van der Waals surface area contributed by atoms with E-state index in [1.165, 1.54) is 18.3 Å². The summed E-state index contributed by atoms with van der Waals surface area (Å²) in [5, 5.41) is 19.3. The van der Waals surface area contributed by atoms with Crippen molar-refractivity contribution >= 4 is 17.8 Å². The Morgan fingerprint density at radius 2 is 1.61 bits per heavy atom. The molecule has 4 rings (SSSR count). The number of hydrogen-bond acceptors (Lipinski definition) is 5. The molecule has 0 aliphatic rings. The molecular formula is C23H17N5O3. The van der Waals surface area contributed by atoms with E-state index in [0.717, 1.165) is 11.3 Å². The lowest BCUT2D eigenvalue weighted by Gasteiger charge is -2.01. The summed E-state index contributed by atoms with van der Waals surface area (Å²) in [5.41, 5.74) is 5.65. The summed E-state index contributed by atoms with van der Waals surface area (Å²) in [6.07, 6.45) is 3.08. The molecule has 0 saturated heterocycles. The molecule has 0 spiro atoms. The first-order valence-corrected chi connectivity index (χ1v) is 9.40. The highest BCUT2D eigenvalue weighted by atomic mass is 16.6. The van der Waals surface area contributed by atoms with Crippen LogP contribution in [-0.2, 0) is 0 Å². The summed E-state index contributed by atoms with van der Waals surface area (Å²) in [4.78, 5) is 23.1. The Morgan fingerprint density at radius 3 is 2.26 bits per heavy atom. The summed E-state index contributed by atoms with van der Waals surface area (Å²) < 4.78 is 1.65. The summed E-state index contributed by atoms with van der Waals surface area (Å²) in [6, 6.07) is 24.8. The van der Waals surface area contributed by atoms with Crippen LogP contribution in [0, 0.1) is 10.1 Å². The fraction of sp³-hybridized carbons (Fsp3) is 0. The van der Waals surface area contributed by atoms with E-state index in [1.54, 1.807) is 23.0 Å². The number of nitro groups is 1. The number of hydrazone groups is 1. The van der Waals surface area contributed by atoms with Crippen molar-refractivity contribution in [1.29, 1.82) is 0 Å². The lowest BCUT2D eigenvalue weighted by Crippen LogP contribution is -2.17. The van der Waals surface area contributed by atoms with Gasteiger partial charge >= 0.3 is 0 Å². The van der Waals surface area contributed by atoms with Gasteiger partial charge in [0.15, 0.2) is 0 Å². The minimum Gasteiger partial charge on any atom is -0.267 e. The van der Waals surface area contributed by atoms with Crippen LogP contribution in [0.5, 0.6) is 0 Å². The van der Waals surface area contributed by atoms with Crippen molar-refractivity contribution in [1.82, 2.24) is 15.2 Å². The Kier molecular flexibility index (Phi) is 5.62. The average Bonchev–Trinajstić information content (AvgIpc) is 3.26. The van der Waals surface area contributed by atoms with Gasteiger partial charge in [-0.15, -0.1) is 0 Å². The lowest BCUT2D eigenvalue weighted by molar-refractivity contribution is -0.384. The van der Waals surface area contributed by atoms with Gasteiger partial charge in [0.05, 0.1) is 22.4 Å². The molecule has 1 N–H and O–H groups in total. The molecule has 0 atom stereocenters. The van der Waals surface area contributed by atoms with Gasteiger partial charge in [-0.25, -0.2) is 10.1 Å². The highest BCUT2D eigenvalue weighted by molar-refractivity contribution is 6.00. The zero-order valence-corrected chi connectivity index (χ0v) is 16.3. The lowest BCUT2D eigenvalue weighted by atomic mass is 10.1. The number of nitrogens with zero attached hydrogens (tertiary/aromatic N) is 4. The molecule has 0 radical (unpaired) electrons. The van der Waals surface area contributed by atoms with Gasteiger partial charge in [0.1, 0.15) is 5.69 Å². The number of hydrogen-bond donors (Lipinski definition) is 1. The van der Waals surface area contributed by atoms with Crippen molar-refractivity contribution in [2.75, 3.05) is 0 Å².